The van der Waals surface area contributed by atoms with Gasteiger partial charge in [0.1, 0.15) is 0 Å². The number of hydrogen-bond donors (Lipinski definition) is 0. The van der Waals surface area contributed by atoms with Crippen molar-refractivity contribution in [3.05, 3.63) is 39.9 Å². The van der Waals surface area contributed by atoms with Crippen LogP contribution in [0.5, 0.6) is 0 Å². The van der Waals surface area contributed by atoms with Crippen molar-refractivity contribution < 1.29 is 9.72 Å². The highest BCUT2D eigenvalue weighted by Crippen LogP contribution is 2.15. The zero-order valence-electron chi connectivity index (χ0n) is 6.67. The van der Waals surface area contributed by atoms with E-state index in [0.717, 1.165) is 22.9 Å². The summed E-state index contributed by atoms with van der Waals surface area (Å²) in [6, 6.07) is 6.16. The van der Waals surface area contributed by atoms with Gasteiger partial charge in [-0.05, 0) is 5.56 Å². The van der Waals surface area contributed by atoms with Crippen LogP contribution in [0.25, 0.3) is 0 Å². The molecule has 0 bridgehead atoms. The number of carbonyl (C=O) groups is 1. The minimum atomic E-state index is -0.448. The number of nitro benzene ring substituents is 1. The van der Waals surface area contributed by atoms with E-state index in [0.29, 0.717) is 5.75 Å². The highest BCUT2D eigenvalue weighted by molar-refractivity contribution is 8.11. The first-order valence-electron chi connectivity index (χ1n) is 3.52. The lowest BCUT2D eigenvalue weighted by Gasteiger charge is -1.95. The Morgan fingerprint density at radius 1 is 1.38 bits per heavy atom. The topological polar surface area (TPSA) is 60.2 Å². The van der Waals surface area contributed by atoms with E-state index in [9.17, 15) is 14.9 Å². The molecular formula is C8H7NO3S. The second kappa shape index (κ2) is 4.61. The number of thioether (sulfide) groups is 1. The Morgan fingerprint density at radius 2 is 2.00 bits per heavy atom. The molecule has 0 aliphatic heterocycles. The van der Waals surface area contributed by atoms with Gasteiger partial charge in [0.05, 0.1) is 4.92 Å². The Kier molecular flexibility index (Phi) is 3.45. The number of non-ortho nitro benzene ring substituents is 1. The highest BCUT2D eigenvalue weighted by Gasteiger charge is 2.03. The van der Waals surface area contributed by atoms with Crippen molar-refractivity contribution in [2.75, 3.05) is 0 Å². The van der Waals surface area contributed by atoms with Gasteiger partial charge in [0.25, 0.3) is 5.69 Å². The van der Waals surface area contributed by atoms with Crippen molar-refractivity contribution >= 4 is 23.1 Å². The van der Waals surface area contributed by atoms with E-state index >= 15 is 0 Å². The zero-order valence-corrected chi connectivity index (χ0v) is 7.49. The molecule has 0 aliphatic rings. The van der Waals surface area contributed by atoms with Gasteiger partial charge in [-0.3, -0.25) is 14.9 Å². The predicted octanol–water partition coefficient (Wildman–Crippen LogP) is 2.02. The Morgan fingerprint density at radius 3 is 2.46 bits per heavy atom. The molecule has 68 valence electrons. The normalized spacial score (nSPS) is 9.54. The maximum Gasteiger partial charge on any atom is 0.269 e. The smallest absolute Gasteiger partial charge is 0.269 e. The lowest BCUT2D eigenvalue weighted by atomic mass is 10.2. The van der Waals surface area contributed by atoms with Gasteiger partial charge in [-0.2, -0.15) is 0 Å². The van der Waals surface area contributed by atoms with Gasteiger partial charge in [0.15, 0.2) is 5.62 Å². The Balaban J connectivity index is 2.69. The summed E-state index contributed by atoms with van der Waals surface area (Å²) in [7, 11) is 0. The van der Waals surface area contributed by atoms with Gasteiger partial charge in [0, 0.05) is 17.9 Å². The van der Waals surface area contributed by atoms with Crippen LogP contribution in [0.1, 0.15) is 5.56 Å². The lowest BCUT2D eigenvalue weighted by Crippen LogP contribution is -1.88. The molecule has 1 aromatic carbocycles. The third-order valence-corrected chi connectivity index (χ3v) is 2.10. The molecular weight excluding hydrogens is 190 g/mol. The Bertz CT molecular complexity index is 310. The van der Waals surface area contributed by atoms with E-state index in [-0.39, 0.29) is 5.69 Å². The van der Waals surface area contributed by atoms with Gasteiger partial charge < -0.3 is 0 Å². The molecule has 1 rings (SSSR count). The summed E-state index contributed by atoms with van der Waals surface area (Å²) < 4.78 is 0. The largest absolute Gasteiger partial charge is 0.291 e. The van der Waals surface area contributed by atoms with Gasteiger partial charge in [-0.25, -0.2) is 0 Å². The number of nitrogens with zero attached hydrogens (tertiary/aromatic N) is 1. The SMILES string of the molecule is O=CSCc1ccc([N+](=O)[O-])cc1. The third kappa shape index (κ3) is 2.87. The molecule has 0 atom stereocenters. The molecule has 0 saturated heterocycles. The van der Waals surface area contributed by atoms with Crippen LogP contribution in [-0.2, 0) is 10.5 Å². The molecule has 0 fully saturated rings. The predicted molar refractivity (Wildman–Crippen MR) is 51.1 cm³/mol. The van der Waals surface area contributed by atoms with Crippen molar-refractivity contribution in [2.45, 2.75) is 5.75 Å². The summed E-state index contributed by atoms with van der Waals surface area (Å²) in [5.74, 6) is 0.557. The molecule has 0 aromatic heterocycles. The second-order valence-corrected chi connectivity index (χ2v) is 3.15. The average Bonchev–Trinajstić information content (AvgIpc) is 2.15. The Labute approximate surface area is 79.1 Å². The summed E-state index contributed by atoms with van der Waals surface area (Å²) in [5.41, 5.74) is 1.73. The van der Waals surface area contributed by atoms with Crippen LogP contribution in [0.4, 0.5) is 5.69 Å². The number of rotatable bonds is 4. The first-order chi connectivity index (χ1) is 6.24. The van der Waals surface area contributed by atoms with E-state index < -0.39 is 4.92 Å². The summed E-state index contributed by atoms with van der Waals surface area (Å²) in [5, 5.41) is 10.3. The number of nitro groups is 1. The van der Waals surface area contributed by atoms with E-state index in [2.05, 4.69) is 0 Å². The van der Waals surface area contributed by atoms with Crippen LogP contribution < -0.4 is 0 Å². The molecule has 1 aromatic rings. The molecule has 4 nitrogen and oxygen atoms in total. The number of carbonyl (C=O) groups excluding carboxylic acids is 1. The van der Waals surface area contributed by atoms with Gasteiger partial charge >= 0.3 is 0 Å². The zero-order chi connectivity index (χ0) is 9.68. The standard InChI is InChI=1S/C8H7NO3S/c10-6-13-5-7-1-3-8(4-2-7)9(11)12/h1-4,6H,5H2. The van der Waals surface area contributed by atoms with Crippen molar-refractivity contribution in [3.63, 3.8) is 0 Å². The molecule has 0 heterocycles. The van der Waals surface area contributed by atoms with E-state index in [1.807, 2.05) is 0 Å². The van der Waals surface area contributed by atoms with Gasteiger partial charge in [0.2, 0.25) is 0 Å². The fraction of sp³-hybridized carbons (Fsp3) is 0.125. The van der Waals surface area contributed by atoms with Gasteiger partial charge in [-0.1, -0.05) is 23.9 Å². The molecule has 0 radical (unpaired) electrons. The van der Waals surface area contributed by atoms with Crippen molar-refractivity contribution in [3.8, 4) is 0 Å². The summed E-state index contributed by atoms with van der Waals surface area (Å²) in [4.78, 5) is 19.8. The lowest BCUT2D eigenvalue weighted by molar-refractivity contribution is -0.384. The molecule has 0 saturated carbocycles. The summed E-state index contributed by atoms with van der Waals surface area (Å²) in [6.07, 6.45) is 0. The van der Waals surface area contributed by atoms with Crippen LogP contribution in [0, 0.1) is 10.1 Å². The third-order valence-electron chi connectivity index (χ3n) is 1.47. The van der Waals surface area contributed by atoms with Crippen molar-refractivity contribution in [1.82, 2.24) is 0 Å². The van der Waals surface area contributed by atoms with Crippen LogP contribution in [0.3, 0.4) is 0 Å². The monoisotopic (exact) mass is 197 g/mol. The van der Waals surface area contributed by atoms with Crippen LogP contribution in [-0.4, -0.2) is 10.5 Å². The quantitative estimate of drug-likeness (QED) is 0.421. The number of benzene rings is 1. The fourth-order valence-corrected chi connectivity index (χ4v) is 1.30. The molecule has 0 aliphatic carbocycles. The average molecular weight is 197 g/mol. The minimum Gasteiger partial charge on any atom is -0.291 e. The minimum absolute atomic E-state index is 0.0693. The van der Waals surface area contributed by atoms with Crippen molar-refractivity contribution in [1.29, 1.82) is 0 Å². The van der Waals surface area contributed by atoms with E-state index in [1.165, 1.54) is 12.1 Å². The van der Waals surface area contributed by atoms with Crippen LogP contribution >= 0.6 is 11.8 Å². The maximum atomic E-state index is 10.3. The van der Waals surface area contributed by atoms with E-state index in [1.54, 1.807) is 12.1 Å². The first-order valence-corrected chi connectivity index (χ1v) is 4.57. The molecule has 0 spiro atoms. The van der Waals surface area contributed by atoms with E-state index in [4.69, 9.17) is 0 Å². The van der Waals surface area contributed by atoms with Crippen molar-refractivity contribution in [2.24, 2.45) is 0 Å². The van der Waals surface area contributed by atoms with Crippen LogP contribution in [0.15, 0.2) is 24.3 Å². The second-order valence-electron chi connectivity index (χ2n) is 2.33. The first kappa shape index (κ1) is 9.73. The summed E-state index contributed by atoms with van der Waals surface area (Å²) >= 11 is 1.13. The number of hydrogen-bond acceptors (Lipinski definition) is 4. The Hall–Kier alpha value is -1.36. The summed E-state index contributed by atoms with van der Waals surface area (Å²) in [6.45, 7) is 0. The molecule has 5 heteroatoms. The highest BCUT2D eigenvalue weighted by atomic mass is 32.2. The van der Waals surface area contributed by atoms with Crippen LogP contribution in [0.2, 0.25) is 0 Å². The molecule has 0 amide bonds. The maximum absolute atomic E-state index is 10.3. The van der Waals surface area contributed by atoms with Gasteiger partial charge in [-0.15, -0.1) is 0 Å². The molecule has 0 N–H and O–H groups in total. The fourth-order valence-electron chi connectivity index (χ4n) is 0.844. The molecule has 0 unspecified atom stereocenters. The molecule has 13 heavy (non-hydrogen) atoms.